The van der Waals surface area contributed by atoms with E-state index in [0.717, 1.165) is 11.1 Å². The topological polar surface area (TPSA) is 143 Å². The predicted octanol–water partition coefficient (Wildman–Crippen LogP) is 3.47. The lowest BCUT2D eigenvalue weighted by molar-refractivity contribution is -0.143. The maximum atomic E-state index is 13.9. The third-order valence-corrected chi connectivity index (χ3v) is 8.44. The van der Waals surface area contributed by atoms with Crippen LogP contribution >= 0.6 is 0 Å². The Morgan fingerprint density at radius 2 is 1.22 bits per heavy atom. The van der Waals surface area contributed by atoms with Crippen LogP contribution in [0.2, 0.25) is 0 Å². The van der Waals surface area contributed by atoms with E-state index >= 15 is 0 Å². The van der Waals surface area contributed by atoms with Gasteiger partial charge in [-0.2, -0.15) is 0 Å². The third-order valence-electron chi connectivity index (χ3n) is 8.44. The number of ether oxygens (including phenoxy) is 2. The average Bonchev–Trinajstić information content (AvgIpc) is 3.12. The number of nitrogens with one attached hydrogen (secondary N) is 3. The van der Waals surface area contributed by atoms with Crippen LogP contribution in [0.1, 0.15) is 54.6 Å². The zero-order valence-corrected chi connectivity index (χ0v) is 28.8. The highest BCUT2D eigenvalue weighted by Crippen LogP contribution is 2.13. The maximum Gasteiger partial charge on any atom is 0.345 e. The molecule has 0 aliphatic carbocycles. The zero-order valence-electron chi connectivity index (χ0n) is 28.8. The van der Waals surface area contributed by atoms with Gasteiger partial charge < -0.3 is 25.4 Å². The first-order valence-electron chi connectivity index (χ1n) is 17.3. The molecule has 4 rings (SSSR count). The lowest BCUT2D eigenvalue weighted by atomic mass is 10.00. The smallest absolute Gasteiger partial charge is 0.345 e. The second-order valence-corrected chi connectivity index (χ2v) is 12.9. The summed E-state index contributed by atoms with van der Waals surface area (Å²) in [6.07, 6.45) is 1.80. The molecule has 50 heavy (non-hydrogen) atoms. The first-order chi connectivity index (χ1) is 24.2. The summed E-state index contributed by atoms with van der Waals surface area (Å²) in [5, 5.41) is 8.53. The number of hydrogen-bond acceptors (Lipinski definition) is 8. The fourth-order valence-corrected chi connectivity index (χ4v) is 5.58. The lowest BCUT2D eigenvalue weighted by Crippen LogP contribution is -2.57. The van der Waals surface area contributed by atoms with Gasteiger partial charge >= 0.3 is 11.9 Å². The Bertz CT molecular complexity index is 1530. The molecule has 1 aliphatic heterocycles. The van der Waals surface area contributed by atoms with E-state index in [9.17, 15) is 24.0 Å². The molecule has 1 fully saturated rings. The van der Waals surface area contributed by atoms with Crippen LogP contribution in [0.4, 0.5) is 0 Å². The minimum absolute atomic E-state index is 0.0651. The molecule has 1 aliphatic rings. The van der Waals surface area contributed by atoms with Crippen LogP contribution in [0.25, 0.3) is 0 Å². The molecule has 1 saturated heterocycles. The van der Waals surface area contributed by atoms with Crippen molar-refractivity contribution >= 4 is 29.7 Å². The molecule has 3 aromatic rings. The van der Waals surface area contributed by atoms with E-state index in [4.69, 9.17) is 9.47 Å². The van der Waals surface area contributed by atoms with Crippen LogP contribution in [-0.2, 0) is 41.5 Å². The van der Waals surface area contributed by atoms with Gasteiger partial charge in [0.15, 0.2) is 0 Å². The van der Waals surface area contributed by atoms with Crippen molar-refractivity contribution < 1.29 is 33.4 Å². The summed E-state index contributed by atoms with van der Waals surface area (Å²) in [4.78, 5) is 69.0. The summed E-state index contributed by atoms with van der Waals surface area (Å²) in [5.41, 5.74) is 1.95. The highest BCUT2D eigenvalue weighted by molar-refractivity contribution is 5.99. The number of esters is 2. The number of carbonyl (C=O) groups is 5. The highest BCUT2D eigenvalue weighted by atomic mass is 16.6. The van der Waals surface area contributed by atoms with E-state index in [1.807, 2.05) is 67.3 Å². The standard InChI is InChI=1S/C39H48N4O7/c1-28(2)18-20-33(37(46)42-34(26-30-14-8-4-9-15-30)39(48)50-38(47)31-16-10-5-11-17-31)41-36(45)32(21-19-29-12-6-3-7-13-29)40-35(44)27-43-22-24-49-25-23-43/h3-17,28,32-34H,18-27H2,1-2H3,(H,40,44)(H,41,45)(H,42,46)/t32-,33-,34-/m0/s1. The van der Waals surface area contributed by atoms with Crippen molar-refractivity contribution in [1.82, 2.24) is 20.9 Å². The first-order valence-corrected chi connectivity index (χ1v) is 17.3. The third kappa shape index (κ3) is 12.9. The van der Waals surface area contributed by atoms with Gasteiger partial charge in [0.1, 0.15) is 18.1 Å². The predicted molar refractivity (Wildman–Crippen MR) is 189 cm³/mol. The van der Waals surface area contributed by atoms with Gasteiger partial charge in [0.2, 0.25) is 17.7 Å². The van der Waals surface area contributed by atoms with Gasteiger partial charge in [0, 0.05) is 19.5 Å². The molecular formula is C39H48N4O7. The molecule has 266 valence electrons. The molecule has 3 amide bonds. The molecule has 0 aromatic heterocycles. The van der Waals surface area contributed by atoms with Crippen molar-refractivity contribution in [2.75, 3.05) is 32.8 Å². The molecule has 3 atom stereocenters. The van der Waals surface area contributed by atoms with Crippen LogP contribution in [0, 0.1) is 5.92 Å². The lowest BCUT2D eigenvalue weighted by Gasteiger charge is -2.28. The Kier molecular flexibility index (Phi) is 15.1. The Hall–Kier alpha value is -4.87. The molecule has 11 heteroatoms. The van der Waals surface area contributed by atoms with E-state index in [1.165, 1.54) is 12.1 Å². The van der Waals surface area contributed by atoms with Crippen molar-refractivity contribution in [3.05, 3.63) is 108 Å². The summed E-state index contributed by atoms with van der Waals surface area (Å²) in [6.45, 7) is 6.46. The number of amides is 3. The average molecular weight is 685 g/mol. The summed E-state index contributed by atoms with van der Waals surface area (Å²) in [6, 6.07) is 23.7. The number of aryl methyl sites for hydroxylation is 1. The van der Waals surface area contributed by atoms with Crippen molar-refractivity contribution in [1.29, 1.82) is 0 Å². The number of carbonyl (C=O) groups excluding carboxylic acids is 5. The largest absolute Gasteiger partial charge is 0.388 e. The molecule has 0 bridgehead atoms. The summed E-state index contributed by atoms with van der Waals surface area (Å²) < 4.78 is 10.6. The molecule has 11 nitrogen and oxygen atoms in total. The molecule has 0 saturated carbocycles. The van der Waals surface area contributed by atoms with Gasteiger partial charge in [-0.05, 0) is 54.9 Å². The molecule has 3 aromatic carbocycles. The van der Waals surface area contributed by atoms with Gasteiger partial charge in [-0.3, -0.25) is 19.3 Å². The molecule has 1 heterocycles. The normalized spacial score (nSPS) is 14.9. The summed E-state index contributed by atoms with van der Waals surface area (Å²) in [7, 11) is 0. The van der Waals surface area contributed by atoms with Gasteiger partial charge in [-0.1, -0.05) is 92.7 Å². The second-order valence-electron chi connectivity index (χ2n) is 12.9. The molecular weight excluding hydrogens is 636 g/mol. The van der Waals surface area contributed by atoms with E-state index in [0.29, 0.717) is 52.0 Å². The molecule has 3 N–H and O–H groups in total. The van der Waals surface area contributed by atoms with E-state index < -0.39 is 41.9 Å². The molecule has 0 spiro atoms. The Balaban J connectivity index is 1.50. The van der Waals surface area contributed by atoms with Gasteiger partial charge in [0.25, 0.3) is 0 Å². The van der Waals surface area contributed by atoms with Crippen LogP contribution in [0.3, 0.4) is 0 Å². The highest BCUT2D eigenvalue weighted by Gasteiger charge is 2.32. The molecule has 0 radical (unpaired) electrons. The number of hydrogen-bond donors (Lipinski definition) is 3. The van der Waals surface area contributed by atoms with Gasteiger partial charge in [-0.15, -0.1) is 0 Å². The second kappa shape index (κ2) is 20.0. The zero-order chi connectivity index (χ0) is 35.7. The van der Waals surface area contributed by atoms with E-state index in [2.05, 4.69) is 16.0 Å². The number of benzene rings is 3. The number of rotatable bonds is 17. The van der Waals surface area contributed by atoms with Gasteiger partial charge in [0.05, 0.1) is 25.3 Å². The number of morpholine rings is 1. The number of nitrogens with zero attached hydrogens (tertiary/aromatic N) is 1. The fraction of sp³-hybridized carbons (Fsp3) is 0.410. The van der Waals surface area contributed by atoms with Crippen molar-refractivity contribution in [3.8, 4) is 0 Å². The Labute approximate surface area is 294 Å². The Morgan fingerprint density at radius 3 is 1.82 bits per heavy atom. The van der Waals surface area contributed by atoms with Crippen molar-refractivity contribution in [2.24, 2.45) is 5.92 Å². The van der Waals surface area contributed by atoms with Crippen LogP contribution in [0.5, 0.6) is 0 Å². The summed E-state index contributed by atoms with van der Waals surface area (Å²) in [5.74, 6) is -2.91. The van der Waals surface area contributed by atoms with Gasteiger partial charge in [-0.25, -0.2) is 9.59 Å². The minimum atomic E-state index is -1.21. The first kappa shape index (κ1) is 37.9. The Morgan fingerprint density at radius 1 is 0.680 bits per heavy atom. The van der Waals surface area contributed by atoms with Crippen molar-refractivity contribution in [2.45, 2.75) is 64.1 Å². The minimum Gasteiger partial charge on any atom is -0.388 e. The van der Waals surface area contributed by atoms with E-state index in [1.54, 1.807) is 30.3 Å². The monoisotopic (exact) mass is 684 g/mol. The molecule has 0 unspecified atom stereocenters. The van der Waals surface area contributed by atoms with Crippen molar-refractivity contribution in [3.63, 3.8) is 0 Å². The van der Waals surface area contributed by atoms with Crippen LogP contribution in [-0.4, -0.2) is 85.5 Å². The quantitative estimate of drug-likeness (QED) is 0.145. The SMILES string of the molecule is CC(C)CC[C@H](NC(=O)[C@H](CCc1ccccc1)NC(=O)CN1CCOCC1)C(=O)N[C@@H](Cc1ccccc1)C(=O)OC(=O)c1ccccc1. The van der Waals surface area contributed by atoms with E-state index in [-0.39, 0.29) is 30.4 Å². The fourth-order valence-electron chi connectivity index (χ4n) is 5.58. The van der Waals surface area contributed by atoms with Crippen LogP contribution < -0.4 is 16.0 Å². The summed E-state index contributed by atoms with van der Waals surface area (Å²) >= 11 is 0. The maximum absolute atomic E-state index is 13.9. The van der Waals surface area contributed by atoms with Crippen LogP contribution in [0.15, 0.2) is 91.0 Å².